The zero-order valence-corrected chi connectivity index (χ0v) is 17.4. The fourth-order valence-corrected chi connectivity index (χ4v) is 3.80. The highest BCUT2D eigenvalue weighted by atomic mass is 16.5. The summed E-state index contributed by atoms with van der Waals surface area (Å²) in [5.74, 6) is -2.29. The van der Waals surface area contributed by atoms with E-state index < -0.39 is 29.7 Å². The van der Waals surface area contributed by atoms with Crippen LogP contribution in [0, 0.1) is 0 Å². The summed E-state index contributed by atoms with van der Waals surface area (Å²) in [6.07, 6.45) is 0.133. The highest BCUT2D eigenvalue weighted by molar-refractivity contribution is 6.24. The number of rotatable bonds is 6. The van der Waals surface area contributed by atoms with E-state index in [0.717, 1.165) is 4.90 Å². The molecule has 2 heterocycles. The molecule has 2 aromatic carbocycles. The van der Waals surface area contributed by atoms with Crippen LogP contribution in [0.1, 0.15) is 43.9 Å². The lowest BCUT2D eigenvalue weighted by molar-refractivity contribution is -0.136. The first-order valence-corrected chi connectivity index (χ1v) is 10.2. The van der Waals surface area contributed by atoms with Crippen molar-refractivity contribution in [2.75, 3.05) is 20.2 Å². The Hall–Kier alpha value is -4.01. The number of imide groups is 2. The van der Waals surface area contributed by atoms with E-state index in [9.17, 15) is 24.0 Å². The third kappa shape index (κ3) is 3.84. The van der Waals surface area contributed by atoms with Crippen molar-refractivity contribution >= 4 is 29.5 Å². The Labute approximate surface area is 183 Å². The number of carbonyl (C=O) groups excluding carboxylic acids is 5. The van der Waals surface area contributed by atoms with Crippen molar-refractivity contribution in [3.05, 3.63) is 65.2 Å². The molecule has 1 unspecified atom stereocenters. The third-order valence-electron chi connectivity index (χ3n) is 5.48. The predicted molar refractivity (Wildman–Crippen MR) is 112 cm³/mol. The monoisotopic (exact) mass is 435 g/mol. The summed E-state index contributed by atoms with van der Waals surface area (Å²) >= 11 is 0. The van der Waals surface area contributed by atoms with Crippen molar-refractivity contribution in [1.29, 1.82) is 0 Å². The fourth-order valence-electron chi connectivity index (χ4n) is 3.80. The van der Waals surface area contributed by atoms with Gasteiger partial charge in [0.25, 0.3) is 17.7 Å². The van der Waals surface area contributed by atoms with Gasteiger partial charge in [0, 0.05) is 19.0 Å². The molecule has 0 saturated carbocycles. The Bertz CT molecular complexity index is 1110. The van der Waals surface area contributed by atoms with Gasteiger partial charge in [0.05, 0.1) is 17.7 Å². The number of fused-ring (bicyclic) bond motifs is 1. The normalized spacial score (nSPS) is 17.8. The van der Waals surface area contributed by atoms with Crippen LogP contribution >= 0.6 is 0 Å². The summed E-state index contributed by atoms with van der Waals surface area (Å²) < 4.78 is 5.76. The van der Waals surface area contributed by atoms with Crippen LogP contribution in [0.4, 0.5) is 0 Å². The van der Waals surface area contributed by atoms with Crippen LogP contribution in [0.3, 0.4) is 0 Å². The molecule has 2 aliphatic rings. The van der Waals surface area contributed by atoms with Crippen molar-refractivity contribution in [3.8, 4) is 5.75 Å². The van der Waals surface area contributed by atoms with E-state index in [0.29, 0.717) is 5.56 Å². The zero-order valence-electron chi connectivity index (χ0n) is 17.4. The molecule has 0 radical (unpaired) electrons. The number of nitrogens with zero attached hydrogens (tertiary/aromatic N) is 2. The molecule has 0 bridgehead atoms. The summed E-state index contributed by atoms with van der Waals surface area (Å²) in [5.41, 5.74) is 0.779. The molecule has 2 aromatic rings. The number of ether oxygens (including phenoxy) is 1. The average molecular weight is 435 g/mol. The van der Waals surface area contributed by atoms with Gasteiger partial charge in [-0.1, -0.05) is 24.3 Å². The maximum Gasteiger partial charge on any atom is 0.266 e. The summed E-state index contributed by atoms with van der Waals surface area (Å²) in [5, 5.41) is 2.17. The first-order chi connectivity index (χ1) is 15.4. The van der Waals surface area contributed by atoms with Gasteiger partial charge in [-0.15, -0.1) is 0 Å². The number of carbonyl (C=O) groups is 5. The Kier molecular flexibility index (Phi) is 5.72. The molecule has 9 heteroatoms. The number of nitrogens with one attached hydrogen (secondary N) is 1. The second kappa shape index (κ2) is 8.62. The van der Waals surface area contributed by atoms with Gasteiger partial charge in [-0.2, -0.15) is 0 Å². The van der Waals surface area contributed by atoms with E-state index in [2.05, 4.69) is 5.32 Å². The van der Waals surface area contributed by atoms with Gasteiger partial charge in [0.15, 0.2) is 0 Å². The van der Waals surface area contributed by atoms with Gasteiger partial charge in [-0.25, -0.2) is 0 Å². The average Bonchev–Trinajstić information content (AvgIpc) is 3.05. The molecule has 0 aromatic heterocycles. The molecule has 0 spiro atoms. The van der Waals surface area contributed by atoms with Crippen molar-refractivity contribution in [3.63, 3.8) is 0 Å². The molecule has 1 saturated heterocycles. The van der Waals surface area contributed by atoms with E-state index >= 15 is 0 Å². The lowest BCUT2D eigenvalue weighted by Crippen LogP contribution is -2.54. The van der Waals surface area contributed by atoms with Crippen LogP contribution in [0.2, 0.25) is 0 Å². The van der Waals surface area contributed by atoms with Crippen LogP contribution in [0.5, 0.6) is 5.75 Å². The van der Waals surface area contributed by atoms with Crippen molar-refractivity contribution < 1.29 is 28.7 Å². The maximum atomic E-state index is 13.0. The summed E-state index contributed by atoms with van der Waals surface area (Å²) in [6, 6.07) is 12.4. The van der Waals surface area contributed by atoms with Crippen LogP contribution in [-0.4, -0.2) is 65.6 Å². The zero-order chi connectivity index (χ0) is 22.8. The molecule has 1 atom stereocenters. The summed E-state index contributed by atoms with van der Waals surface area (Å²) in [7, 11) is 1.65. The van der Waals surface area contributed by atoms with Gasteiger partial charge >= 0.3 is 0 Å². The van der Waals surface area contributed by atoms with E-state index in [4.69, 9.17) is 4.74 Å². The minimum absolute atomic E-state index is 0.0505. The minimum Gasteiger partial charge on any atom is -0.491 e. The molecule has 1 fully saturated rings. The van der Waals surface area contributed by atoms with E-state index in [-0.39, 0.29) is 48.8 Å². The molecule has 0 aliphatic carbocycles. The molecule has 32 heavy (non-hydrogen) atoms. The number of hydrogen-bond donors (Lipinski definition) is 1. The van der Waals surface area contributed by atoms with E-state index in [1.807, 2.05) is 6.07 Å². The molecule has 9 nitrogen and oxygen atoms in total. The smallest absolute Gasteiger partial charge is 0.266 e. The van der Waals surface area contributed by atoms with E-state index in [1.54, 1.807) is 43.4 Å². The minimum atomic E-state index is -1.04. The highest BCUT2D eigenvalue weighted by Gasteiger charge is 2.45. The van der Waals surface area contributed by atoms with Crippen LogP contribution in [-0.2, 0) is 9.59 Å². The second-order valence-electron chi connectivity index (χ2n) is 7.57. The van der Waals surface area contributed by atoms with Gasteiger partial charge in [-0.05, 0) is 30.7 Å². The van der Waals surface area contributed by atoms with Gasteiger partial charge < -0.3 is 9.64 Å². The molecule has 2 aliphatic heterocycles. The molecule has 1 N–H and O–H groups in total. The Morgan fingerprint density at radius 3 is 2.53 bits per heavy atom. The summed E-state index contributed by atoms with van der Waals surface area (Å²) in [6.45, 7) is 0.363. The van der Waals surface area contributed by atoms with Crippen molar-refractivity contribution in [2.24, 2.45) is 0 Å². The van der Waals surface area contributed by atoms with Crippen LogP contribution in [0.25, 0.3) is 0 Å². The molecule has 4 rings (SSSR count). The molecular weight excluding hydrogens is 414 g/mol. The Morgan fingerprint density at radius 1 is 1.06 bits per heavy atom. The first-order valence-electron chi connectivity index (χ1n) is 10.2. The number of hydrogen-bond acceptors (Lipinski definition) is 6. The van der Waals surface area contributed by atoms with Crippen LogP contribution < -0.4 is 10.1 Å². The van der Waals surface area contributed by atoms with Gasteiger partial charge in [0.1, 0.15) is 18.4 Å². The lowest BCUT2D eigenvalue weighted by Gasteiger charge is -2.27. The lowest BCUT2D eigenvalue weighted by atomic mass is 10.0. The standard InChI is InChI=1S/C23H21N3O6/c1-25(21(29)14-6-3-2-4-7-14)12-13-32-17-9-5-8-15-19(17)23(31)26(22(15)30)16-10-11-18(27)24-20(16)28/h2-9,16H,10-13H2,1H3,(H,24,27,28). The quantitative estimate of drug-likeness (QED) is 0.683. The SMILES string of the molecule is CN(CCOc1cccc2c1C(=O)N(C1CCC(=O)NC1=O)C2=O)C(=O)c1ccccc1. The maximum absolute atomic E-state index is 13.0. The number of likely N-dealkylation sites (N-methyl/N-ethyl adjacent to an activating group) is 1. The second-order valence-corrected chi connectivity index (χ2v) is 7.57. The topological polar surface area (TPSA) is 113 Å². The number of piperidine rings is 1. The van der Waals surface area contributed by atoms with Crippen LogP contribution in [0.15, 0.2) is 48.5 Å². The number of amides is 5. The predicted octanol–water partition coefficient (Wildman–Crippen LogP) is 1.24. The first kappa shape index (κ1) is 21.2. The number of benzene rings is 2. The Morgan fingerprint density at radius 2 is 1.81 bits per heavy atom. The van der Waals surface area contributed by atoms with Crippen molar-refractivity contribution in [1.82, 2.24) is 15.1 Å². The third-order valence-corrected chi connectivity index (χ3v) is 5.48. The summed E-state index contributed by atoms with van der Waals surface area (Å²) in [4.78, 5) is 64.3. The molecular formula is C23H21N3O6. The van der Waals surface area contributed by atoms with E-state index in [1.165, 1.54) is 11.0 Å². The van der Waals surface area contributed by atoms with Gasteiger partial charge in [-0.3, -0.25) is 34.2 Å². The van der Waals surface area contributed by atoms with Crippen molar-refractivity contribution in [2.45, 2.75) is 18.9 Å². The fraction of sp³-hybridized carbons (Fsp3) is 0.261. The molecule has 5 amide bonds. The molecule has 164 valence electrons. The largest absolute Gasteiger partial charge is 0.491 e. The van der Waals surface area contributed by atoms with Gasteiger partial charge in [0.2, 0.25) is 11.8 Å². The Balaban J connectivity index is 1.46. The highest BCUT2D eigenvalue weighted by Crippen LogP contribution is 2.33.